The molecule has 8 heteroatoms. The predicted molar refractivity (Wildman–Crippen MR) is 121 cm³/mol. The summed E-state index contributed by atoms with van der Waals surface area (Å²) < 4.78 is 13.5. The lowest BCUT2D eigenvalue weighted by Crippen LogP contribution is -2.44. The Labute approximate surface area is 184 Å². The van der Waals surface area contributed by atoms with Crippen LogP contribution >= 0.6 is 11.6 Å². The molecule has 0 aliphatic rings. The topological polar surface area (TPSA) is 85.4 Å². The fourth-order valence-electron chi connectivity index (χ4n) is 3.41. The standard InChI is InChI=1S/C23H25ClFN3O3/c1-14(18-11-26-21(30)17-7-5-4-6-16(17)18)28(12-23(2,3)13-29)22(31)27-15-8-9-20(25)19(24)10-15/h4-11,14,29H,12-13H2,1-3H3,(H,26,30)(H,27,31)/t14-/m1/s1. The molecule has 0 aliphatic heterocycles. The van der Waals surface area contributed by atoms with Crippen molar-refractivity contribution in [3.63, 3.8) is 0 Å². The van der Waals surface area contributed by atoms with E-state index in [4.69, 9.17) is 11.6 Å². The second-order valence-electron chi connectivity index (χ2n) is 8.30. The number of aromatic nitrogens is 1. The Morgan fingerprint density at radius 3 is 2.58 bits per heavy atom. The van der Waals surface area contributed by atoms with Crippen LogP contribution in [0.4, 0.5) is 14.9 Å². The fraction of sp³-hybridized carbons (Fsp3) is 0.304. The molecule has 2 aromatic carbocycles. The van der Waals surface area contributed by atoms with Crippen molar-refractivity contribution >= 4 is 34.1 Å². The average molecular weight is 446 g/mol. The highest BCUT2D eigenvalue weighted by atomic mass is 35.5. The minimum absolute atomic E-state index is 0.0975. The number of nitrogens with zero attached hydrogens (tertiary/aromatic N) is 1. The number of benzene rings is 2. The molecular weight excluding hydrogens is 421 g/mol. The first-order chi connectivity index (χ1) is 14.6. The van der Waals surface area contributed by atoms with Gasteiger partial charge in [-0.1, -0.05) is 43.6 Å². The molecule has 0 saturated carbocycles. The summed E-state index contributed by atoms with van der Waals surface area (Å²) in [6.07, 6.45) is 1.61. The first-order valence-electron chi connectivity index (χ1n) is 9.87. The predicted octanol–water partition coefficient (Wildman–Crippen LogP) is 4.93. The van der Waals surface area contributed by atoms with Gasteiger partial charge in [-0.15, -0.1) is 0 Å². The van der Waals surface area contributed by atoms with Gasteiger partial charge >= 0.3 is 6.03 Å². The van der Waals surface area contributed by atoms with Crippen LogP contribution in [0.5, 0.6) is 0 Å². The van der Waals surface area contributed by atoms with Crippen molar-refractivity contribution in [2.45, 2.75) is 26.8 Å². The third kappa shape index (κ3) is 5.06. The Bertz CT molecular complexity index is 1160. The molecule has 3 N–H and O–H groups in total. The quantitative estimate of drug-likeness (QED) is 0.502. The van der Waals surface area contributed by atoms with E-state index < -0.39 is 23.3 Å². The average Bonchev–Trinajstić information content (AvgIpc) is 2.74. The van der Waals surface area contributed by atoms with E-state index in [9.17, 15) is 19.1 Å². The molecular formula is C23H25ClFN3O3. The van der Waals surface area contributed by atoms with Gasteiger partial charge in [-0.2, -0.15) is 0 Å². The summed E-state index contributed by atoms with van der Waals surface area (Å²) in [5.41, 5.74) is 0.321. The molecule has 3 rings (SSSR count). The maximum Gasteiger partial charge on any atom is 0.322 e. The lowest BCUT2D eigenvalue weighted by atomic mass is 9.92. The number of aliphatic hydroxyl groups is 1. The third-order valence-electron chi connectivity index (χ3n) is 5.22. The number of rotatable bonds is 6. The van der Waals surface area contributed by atoms with Crippen molar-refractivity contribution in [3.8, 4) is 0 Å². The van der Waals surface area contributed by atoms with E-state index >= 15 is 0 Å². The molecule has 0 radical (unpaired) electrons. The van der Waals surface area contributed by atoms with Crippen LogP contribution in [0.3, 0.4) is 0 Å². The lowest BCUT2D eigenvalue weighted by Gasteiger charge is -2.36. The fourth-order valence-corrected chi connectivity index (χ4v) is 3.59. The van der Waals surface area contributed by atoms with Gasteiger partial charge in [0.2, 0.25) is 0 Å². The van der Waals surface area contributed by atoms with Crippen LogP contribution in [0.25, 0.3) is 10.8 Å². The number of fused-ring (bicyclic) bond motifs is 1. The Kier molecular flexibility index (Phi) is 6.67. The molecule has 6 nitrogen and oxygen atoms in total. The first-order valence-corrected chi connectivity index (χ1v) is 10.2. The van der Waals surface area contributed by atoms with Crippen LogP contribution in [0.1, 0.15) is 32.4 Å². The van der Waals surface area contributed by atoms with E-state index in [0.29, 0.717) is 11.1 Å². The molecule has 0 unspecified atom stereocenters. The summed E-state index contributed by atoms with van der Waals surface area (Å²) in [5.74, 6) is -0.578. The summed E-state index contributed by atoms with van der Waals surface area (Å²) in [6, 6.07) is 10.2. The Morgan fingerprint density at radius 1 is 1.26 bits per heavy atom. The Morgan fingerprint density at radius 2 is 1.94 bits per heavy atom. The first kappa shape index (κ1) is 22.8. The smallest absolute Gasteiger partial charge is 0.322 e. The van der Waals surface area contributed by atoms with Crippen LogP contribution in [0, 0.1) is 11.2 Å². The second kappa shape index (κ2) is 9.08. The van der Waals surface area contributed by atoms with Gasteiger partial charge in [0.05, 0.1) is 11.1 Å². The zero-order valence-electron chi connectivity index (χ0n) is 17.6. The molecule has 0 fully saturated rings. The van der Waals surface area contributed by atoms with Crippen LogP contribution in [-0.2, 0) is 0 Å². The second-order valence-corrected chi connectivity index (χ2v) is 8.71. The van der Waals surface area contributed by atoms with Gasteiger partial charge in [-0.25, -0.2) is 9.18 Å². The third-order valence-corrected chi connectivity index (χ3v) is 5.51. The maximum absolute atomic E-state index is 13.5. The number of halogens is 2. The molecule has 1 atom stereocenters. The molecule has 1 aromatic heterocycles. The number of aromatic amines is 1. The van der Waals surface area contributed by atoms with E-state index in [1.165, 1.54) is 18.2 Å². The van der Waals surface area contributed by atoms with Crippen LogP contribution in [0.2, 0.25) is 5.02 Å². The molecule has 1 heterocycles. The number of nitrogens with one attached hydrogen (secondary N) is 2. The highest BCUT2D eigenvalue weighted by Crippen LogP contribution is 2.30. The van der Waals surface area contributed by atoms with Crippen molar-refractivity contribution in [1.82, 2.24) is 9.88 Å². The Balaban J connectivity index is 2.00. The monoisotopic (exact) mass is 445 g/mol. The number of carbonyl (C=O) groups excluding carboxylic acids is 1. The number of aliphatic hydroxyl groups excluding tert-OH is 1. The van der Waals surface area contributed by atoms with Crippen molar-refractivity contribution in [3.05, 3.63) is 75.4 Å². The molecule has 164 valence electrons. The number of hydrogen-bond acceptors (Lipinski definition) is 3. The largest absolute Gasteiger partial charge is 0.396 e. The van der Waals surface area contributed by atoms with Gasteiger partial charge in [0.1, 0.15) is 5.82 Å². The van der Waals surface area contributed by atoms with Gasteiger partial charge in [0.15, 0.2) is 0 Å². The minimum atomic E-state index is -0.579. The number of H-pyrrole nitrogens is 1. The van der Waals surface area contributed by atoms with Gasteiger partial charge < -0.3 is 20.3 Å². The number of amides is 2. The van der Waals surface area contributed by atoms with Crippen LogP contribution in [0.15, 0.2) is 53.5 Å². The molecule has 3 aromatic rings. The van der Waals surface area contributed by atoms with Gasteiger partial charge in [0, 0.05) is 35.8 Å². The minimum Gasteiger partial charge on any atom is -0.396 e. The van der Waals surface area contributed by atoms with Gasteiger partial charge in [0.25, 0.3) is 5.56 Å². The molecule has 2 amide bonds. The van der Waals surface area contributed by atoms with Gasteiger partial charge in [-0.05, 0) is 42.1 Å². The van der Waals surface area contributed by atoms with E-state index in [-0.39, 0.29) is 23.7 Å². The molecule has 0 bridgehead atoms. The normalized spacial score (nSPS) is 12.6. The number of hydrogen-bond donors (Lipinski definition) is 3. The number of pyridine rings is 1. The zero-order valence-corrected chi connectivity index (χ0v) is 18.3. The van der Waals surface area contributed by atoms with E-state index in [2.05, 4.69) is 10.3 Å². The van der Waals surface area contributed by atoms with Crippen molar-refractivity contribution < 1.29 is 14.3 Å². The number of anilines is 1. The van der Waals surface area contributed by atoms with Crippen LogP contribution in [-0.4, -0.2) is 34.2 Å². The van der Waals surface area contributed by atoms with E-state index in [0.717, 1.165) is 10.9 Å². The summed E-state index contributed by atoms with van der Waals surface area (Å²) in [7, 11) is 0. The highest BCUT2D eigenvalue weighted by molar-refractivity contribution is 6.31. The summed E-state index contributed by atoms with van der Waals surface area (Å²) in [6.45, 7) is 5.65. The Hall–Kier alpha value is -2.90. The lowest BCUT2D eigenvalue weighted by molar-refractivity contribution is 0.102. The van der Waals surface area contributed by atoms with Crippen molar-refractivity contribution in [2.24, 2.45) is 5.41 Å². The molecule has 0 aliphatic carbocycles. The van der Waals surface area contributed by atoms with Gasteiger partial charge in [-0.3, -0.25) is 4.79 Å². The van der Waals surface area contributed by atoms with Crippen molar-refractivity contribution in [2.75, 3.05) is 18.5 Å². The molecule has 0 spiro atoms. The number of urea groups is 1. The summed E-state index contributed by atoms with van der Waals surface area (Å²) >= 11 is 5.84. The van der Waals surface area contributed by atoms with Crippen LogP contribution < -0.4 is 10.9 Å². The van der Waals surface area contributed by atoms with Crippen molar-refractivity contribution in [1.29, 1.82) is 0 Å². The SMILES string of the molecule is C[C@H](c1c[nH]c(=O)c2ccccc12)N(CC(C)(C)CO)C(=O)Nc1ccc(F)c(Cl)c1. The van der Waals surface area contributed by atoms with E-state index in [1.807, 2.05) is 32.9 Å². The van der Waals surface area contributed by atoms with E-state index in [1.54, 1.807) is 23.2 Å². The maximum atomic E-state index is 13.5. The highest BCUT2D eigenvalue weighted by Gasteiger charge is 2.30. The summed E-state index contributed by atoms with van der Waals surface area (Å²) in [4.78, 5) is 29.8. The number of carbonyl (C=O) groups is 1. The molecule has 31 heavy (non-hydrogen) atoms. The zero-order chi connectivity index (χ0) is 22.8. The summed E-state index contributed by atoms with van der Waals surface area (Å²) in [5, 5.41) is 13.7. The molecule has 0 saturated heterocycles.